The van der Waals surface area contributed by atoms with Crippen LogP contribution < -0.4 is 10.5 Å². The molecule has 0 atom stereocenters. The topological polar surface area (TPSA) is 89.3 Å². The van der Waals surface area contributed by atoms with Gasteiger partial charge in [-0.05, 0) is 42.8 Å². The minimum Gasteiger partial charge on any atom is -0.347 e. The van der Waals surface area contributed by atoms with Gasteiger partial charge in [0.25, 0.3) is 5.91 Å². The minimum absolute atomic E-state index is 0.0457. The van der Waals surface area contributed by atoms with E-state index in [1.54, 1.807) is 13.0 Å². The molecule has 1 aromatic heterocycles. The molecule has 112 valence electrons. The van der Waals surface area contributed by atoms with E-state index in [0.717, 1.165) is 11.3 Å². The van der Waals surface area contributed by atoms with Crippen LogP contribution in [0.2, 0.25) is 0 Å². The quantitative estimate of drug-likeness (QED) is 0.896. The highest BCUT2D eigenvalue weighted by Crippen LogP contribution is 2.20. The number of carbonyl (C=O) groups excluding carboxylic acids is 1. The maximum atomic E-state index is 13.1. The zero-order valence-corrected chi connectivity index (χ0v) is 12.7. The number of carbonyl (C=O) groups is 1. The van der Waals surface area contributed by atoms with E-state index in [-0.39, 0.29) is 22.5 Å². The third-order valence-corrected chi connectivity index (χ3v) is 5.28. The molecule has 3 N–H and O–H groups in total. The number of nitrogens with one attached hydrogen (secondary N) is 1. The predicted molar refractivity (Wildman–Crippen MR) is 78.0 cm³/mol. The monoisotopic (exact) mass is 328 g/mol. The molecule has 0 aliphatic carbocycles. The van der Waals surface area contributed by atoms with Crippen LogP contribution >= 0.6 is 11.3 Å². The number of thiophene rings is 1. The van der Waals surface area contributed by atoms with Crippen LogP contribution in [0.4, 0.5) is 4.39 Å². The highest BCUT2D eigenvalue weighted by molar-refractivity contribution is 7.91. The van der Waals surface area contributed by atoms with Gasteiger partial charge < -0.3 is 5.32 Å². The summed E-state index contributed by atoms with van der Waals surface area (Å²) in [4.78, 5) is 12.6. The molecule has 0 saturated carbocycles. The molecule has 8 heteroatoms. The van der Waals surface area contributed by atoms with Crippen molar-refractivity contribution in [1.82, 2.24) is 5.32 Å². The van der Waals surface area contributed by atoms with Crippen molar-refractivity contribution in [1.29, 1.82) is 0 Å². The normalized spacial score (nSPS) is 11.4. The van der Waals surface area contributed by atoms with Crippen molar-refractivity contribution in [3.8, 4) is 0 Å². The summed E-state index contributed by atoms with van der Waals surface area (Å²) in [5.74, 6) is -0.730. The van der Waals surface area contributed by atoms with Gasteiger partial charge in [0.1, 0.15) is 10.0 Å². The van der Waals surface area contributed by atoms with Gasteiger partial charge in [0.15, 0.2) is 0 Å². The van der Waals surface area contributed by atoms with Gasteiger partial charge in [0, 0.05) is 10.4 Å². The highest BCUT2D eigenvalue weighted by atomic mass is 32.2. The molecule has 0 aliphatic heterocycles. The summed E-state index contributed by atoms with van der Waals surface area (Å²) in [5.41, 5.74) is 0.729. The van der Waals surface area contributed by atoms with Crippen LogP contribution in [0.3, 0.4) is 0 Å². The van der Waals surface area contributed by atoms with Crippen molar-refractivity contribution in [2.45, 2.75) is 17.7 Å². The second-order valence-electron chi connectivity index (χ2n) is 4.41. The van der Waals surface area contributed by atoms with Crippen molar-refractivity contribution >= 4 is 27.3 Å². The summed E-state index contributed by atoms with van der Waals surface area (Å²) in [6.45, 7) is 1.75. The van der Waals surface area contributed by atoms with E-state index < -0.39 is 10.0 Å². The minimum atomic E-state index is -3.72. The summed E-state index contributed by atoms with van der Waals surface area (Å²) in [7, 11) is -3.72. The molecule has 1 amide bonds. The molecule has 0 spiro atoms. The van der Waals surface area contributed by atoms with Crippen LogP contribution in [0.1, 0.15) is 20.8 Å². The number of benzene rings is 1. The lowest BCUT2D eigenvalue weighted by Gasteiger charge is -2.05. The lowest BCUT2D eigenvalue weighted by molar-refractivity contribution is 0.0951. The van der Waals surface area contributed by atoms with E-state index in [9.17, 15) is 17.6 Å². The van der Waals surface area contributed by atoms with Crippen LogP contribution in [0.5, 0.6) is 0 Å². The standard InChI is InChI=1S/C13H13FN2O3S2/c1-8-6-9(2-4-11(8)14)13(17)16-7-10-3-5-12(20-10)21(15,18)19/h2-6H,7H2,1H3,(H,16,17)(H2,15,18,19). The largest absolute Gasteiger partial charge is 0.347 e. The van der Waals surface area contributed by atoms with Crippen molar-refractivity contribution < 1.29 is 17.6 Å². The lowest BCUT2D eigenvalue weighted by atomic mass is 10.1. The summed E-state index contributed by atoms with van der Waals surface area (Å²) in [6, 6.07) is 7.05. The molecule has 0 radical (unpaired) electrons. The Hall–Kier alpha value is -1.77. The van der Waals surface area contributed by atoms with E-state index in [0.29, 0.717) is 16.0 Å². The Balaban J connectivity index is 2.04. The number of amides is 1. The second kappa shape index (κ2) is 5.92. The first-order chi connectivity index (χ1) is 9.77. The fourth-order valence-corrected chi connectivity index (χ4v) is 3.38. The van der Waals surface area contributed by atoms with E-state index in [1.165, 1.54) is 24.3 Å². The van der Waals surface area contributed by atoms with Gasteiger partial charge in [-0.15, -0.1) is 11.3 Å². The Kier molecular flexibility index (Phi) is 4.40. The van der Waals surface area contributed by atoms with Crippen LogP contribution in [-0.2, 0) is 16.6 Å². The molecule has 1 aromatic carbocycles. The molecular weight excluding hydrogens is 315 g/mol. The smallest absolute Gasteiger partial charge is 0.251 e. The van der Waals surface area contributed by atoms with Gasteiger partial charge in [0.2, 0.25) is 10.0 Å². The SMILES string of the molecule is Cc1cc(C(=O)NCc2ccc(S(N)(=O)=O)s2)ccc1F. The molecule has 2 aromatic rings. The Bertz CT molecular complexity index is 784. The Morgan fingerprint density at radius 3 is 2.62 bits per heavy atom. The molecule has 2 rings (SSSR count). The first-order valence-electron chi connectivity index (χ1n) is 5.93. The molecule has 1 heterocycles. The number of hydrogen-bond donors (Lipinski definition) is 2. The van der Waals surface area contributed by atoms with Crippen molar-refractivity contribution in [3.63, 3.8) is 0 Å². The molecule has 0 aliphatic rings. The summed E-state index contributed by atoms with van der Waals surface area (Å²) in [6.07, 6.45) is 0. The van der Waals surface area contributed by atoms with Crippen molar-refractivity contribution in [2.75, 3.05) is 0 Å². The number of sulfonamides is 1. The van der Waals surface area contributed by atoms with E-state index in [1.807, 2.05) is 0 Å². The third-order valence-electron chi connectivity index (χ3n) is 2.76. The average Bonchev–Trinajstić information content (AvgIpc) is 2.88. The Morgan fingerprint density at radius 1 is 1.33 bits per heavy atom. The van der Waals surface area contributed by atoms with Crippen LogP contribution in [-0.4, -0.2) is 14.3 Å². The number of primary sulfonamides is 1. The fraction of sp³-hybridized carbons (Fsp3) is 0.154. The molecule has 0 unspecified atom stereocenters. The Labute approximate surface area is 125 Å². The van der Waals surface area contributed by atoms with Gasteiger partial charge in [-0.1, -0.05) is 0 Å². The van der Waals surface area contributed by atoms with Crippen molar-refractivity contribution in [3.05, 3.63) is 52.2 Å². The molecule has 5 nitrogen and oxygen atoms in total. The first kappa shape index (κ1) is 15.6. The van der Waals surface area contributed by atoms with Gasteiger partial charge in [0.05, 0.1) is 6.54 Å². The van der Waals surface area contributed by atoms with Crippen LogP contribution in [0, 0.1) is 12.7 Å². The zero-order chi connectivity index (χ0) is 15.6. The van der Waals surface area contributed by atoms with Crippen LogP contribution in [0.25, 0.3) is 0 Å². The Morgan fingerprint density at radius 2 is 2.05 bits per heavy atom. The summed E-state index contributed by atoms with van der Waals surface area (Å²) >= 11 is 0.995. The second-order valence-corrected chi connectivity index (χ2v) is 7.37. The van der Waals surface area contributed by atoms with E-state index >= 15 is 0 Å². The number of aryl methyl sites for hydroxylation is 1. The van der Waals surface area contributed by atoms with Gasteiger partial charge in [-0.3, -0.25) is 4.79 Å². The van der Waals surface area contributed by atoms with E-state index in [2.05, 4.69) is 5.32 Å². The first-order valence-corrected chi connectivity index (χ1v) is 8.29. The molecule has 0 fully saturated rings. The third kappa shape index (κ3) is 3.87. The highest BCUT2D eigenvalue weighted by Gasteiger charge is 2.12. The van der Waals surface area contributed by atoms with E-state index in [4.69, 9.17) is 5.14 Å². The zero-order valence-electron chi connectivity index (χ0n) is 11.1. The van der Waals surface area contributed by atoms with Crippen LogP contribution in [0.15, 0.2) is 34.5 Å². The predicted octanol–water partition coefficient (Wildman–Crippen LogP) is 1.77. The average molecular weight is 328 g/mol. The molecular formula is C13H13FN2O3S2. The summed E-state index contributed by atoms with van der Waals surface area (Å²) in [5, 5.41) is 7.65. The lowest BCUT2D eigenvalue weighted by Crippen LogP contribution is -2.22. The van der Waals surface area contributed by atoms with Gasteiger partial charge in [-0.25, -0.2) is 17.9 Å². The molecule has 21 heavy (non-hydrogen) atoms. The maximum Gasteiger partial charge on any atom is 0.251 e. The van der Waals surface area contributed by atoms with Gasteiger partial charge >= 0.3 is 0 Å². The molecule has 0 saturated heterocycles. The number of rotatable bonds is 4. The summed E-state index contributed by atoms with van der Waals surface area (Å²) < 4.78 is 35.5. The number of nitrogens with two attached hydrogens (primary N) is 1. The maximum absolute atomic E-state index is 13.1. The van der Waals surface area contributed by atoms with Crippen molar-refractivity contribution in [2.24, 2.45) is 5.14 Å². The number of hydrogen-bond acceptors (Lipinski definition) is 4. The van der Waals surface area contributed by atoms with Gasteiger partial charge in [-0.2, -0.15) is 0 Å². The number of halogens is 1. The fourth-order valence-electron chi connectivity index (χ4n) is 1.66. The molecule has 0 bridgehead atoms.